The quantitative estimate of drug-likeness (QED) is 0.505. The van der Waals surface area contributed by atoms with Gasteiger partial charge in [-0.05, 0) is 41.8 Å². The molecular weight excluding hydrogens is 406 g/mol. The highest BCUT2D eigenvalue weighted by molar-refractivity contribution is 5.93. The van der Waals surface area contributed by atoms with Crippen LogP contribution in [0.5, 0.6) is 0 Å². The molecule has 0 radical (unpaired) electrons. The maximum absolute atomic E-state index is 12.9. The molecule has 3 amide bonds. The molecule has 0 unspecified atom stereocenters. The van der Waals surface area contributed by atoms with Crippen LogP contribution < -0.4 is 11.1 Å². The number of benzene rings is 3. The van der Waals surface area contributed by atoms with E-state index in [-0.39, 0.29) is 18.1 Å². The molecule has 0 aliphatic rings. The first-order valence-corrected chi connectivity index (χ1v) is 10.2. The lowest BCUT2D eigenvalue weighted by molar-refractivity contribution is -0.135. The second kappa shape index (κ2) is 11.3. The summed E-state index contributed by atoms with van der Waals surface area (Å²) in [7, 11) is 0. The summed E-state index contributed by atoms with van der Waals surface area (Å²) in [5, 5.41) is 2.41. The molecule has 0 aliphatic carbocycles. The monoisotopic (exact) mass is 431 g/mol. The Bertz CT molecular complexity index is 1040. The Kier molecular flexibility index (Phi) is 7.97. The van der Waals surface area contributed by atoms with Crippen molar-refractivity contribution in [1.82, 2.24) is 4.90 Å². The molecule has 0 aliphatic heterocycles. The number of nitrogens with one attached hydrogen (secondary N) is 1. The number of hydrogen-bond acceptors (Lipinski definition) is 4. The van der Waals surface area contributed by atoms with Crippen LogP contribution in [-0.4, -0.2) is 36.0 Å². The normalized spacial score (nSPS) is 10.2. The molecule has 0 fully saturated rings. The van der Waals surface area contributed by atoms with E-state index in [1.807, 2.05) is 60.7 Å². The van der Waals surface area contributed by atoms with Crippen molar-refractivity contribution in [3.05, 3.63) is 102 Å². The minimum absolute atomic E-state index is 0.270. The van der Waals surface area contributed by atoms with Crippen LogP contribution in [0.2, 0.25) is 0 Å². The fourth-order valence-electron chi connectivity index (χ4n) is 3.14. The number of carbonyl (C=O) groups is 3. The van der Waals surface area contributed by atoms with E-state index in [2.05, 4.69) is 5.32 Å². The van der Waals surface area contributed by atoms with Crippen molar-refractivity contribution in [2.24, 2.45) is 5.73 Å². The Morgan fingerprint density at radius 1 is 0.812 bits per heavy atom. The molecule has 3 aromatic carbocycles. The molecule has 7 nitrogen and oxygen atoms in total. The molecule has 0 bridgehead atoms. The van der Waals surface area contributed by atoms with Crippen molar-refractivity contribution < 1.29 is 19.1 Å². The lowest BCUT2D eigenvalue weighted by atomic mass is 10.1. The van der Waals surface area contributed by atoms with Crippen LogP contribution >= 0.6 is 0 Å². The van der Waals surface area contributed by atoms with Crippen molar-refractivity contribution in [2.75, 3.05) is 18.5 Å². The molecule has 0 spiro atoms. The van der Waals surface area contributed by atoms with Gasteiger partial charge >= 0.3 is 12.0 Å². The number of hydrogen-bond donors (Lipinski definition) is 2. The molecule has 3 N–H and O–H groups in total. The number of carbonyl (C=O) groups excluding carboxylic acids is 3. The molecular formula is C25H25N3O4. The lowest BCUT2D eigenvalue weighted by Crippen LogP contribution is -2.35. The standard InChI is InChI=1S/C25H25N3O4/c26-25(31)27-22-13-11-21(12-14-22)24(30)32-18-23(29)28(17-20-9-5-2-6-10-20)16-15-19-7-3-1-4-8-19/h1-14H,15-18H2,(H3,26,27,31). The van der Waals surface area contributed by atoms with Gasteiger partial charge in [0, 0.05) is 18.8 Å². The second-order valence-corrected chi connectivity index (χ2v) is 7.18. The summed E-state index contributed by atoms with van der Waals surface area (Å²) in [6.45, 7) is 0.571. The Balaban J connectivity index is 1.60. The first kappa shape index (κ1) is 22.6. The molecule has 32 heavy (non-hydrogen) atoms. The number of primary amides is 1. The number of urea groups is 1. The Morgan fingerprint density at radius 2 is 1.41 bits per heavy atom. The fourth-order valence-corrected chi connectivity index (χ4v) is 3.14. The second-order valence-electron chi connectivity index (χ2n) is 7.18. The van der Waals surface area contributed by atoms with Crippen LogP contribution in [0.4, 0.5) is 10.5 Å². The summed E-state index contributed by atoms with van der Waals surface area (Å²) in [6, 6.07) is 24.9. The smallest absolute Gasteiger partial charge is 0.338 e. The van der Waals surface area contributed by atoms with E-state index in [1.54, 1.807) is 4.90 Å². The zero-order valence-electron chi connectivity index (χ0n) is 17.6. The molecule has 7 heteroatoms. The number of nitrogens with two attached hydrogens (primary N) is 1. The van der Waals surface area contributed by atoms with Crippen LogP contribution in [0.1, 0.15) is 21.5 Å². The maximum atomic E-state index is 12.9. The number of ether oxygens (including phenoxy) is 1. The van der Waals surface area contributed by atoms with E-state index in [0.29, 0.717) is 25.2 Å². The molecule has 0 saturated carbocycles. The number of amides is 3. The Morgan fingerprint density at radius 3 is 2.00 bits per heavy atom. The third-order valence-corrected chi connectivity index (χ3v) is 4.80. The summed E-state index contributed by atoms with van der Waals surface area (Å²) in [5.41, 5.74) is 7.92. The third-order valence-electron chi connectivity index (χ3n) is 4.80. The predicted octanol–water partition coefficient (Wildman–Crippen LogP) is 3.61. The summed E-state index contributed by atoms with van der Waals surface area (Å²) >= 11 is 0. The zero-order chi connectivity index (χ0) is 22.8. The highest BCUT2D eigenvalue weighted by atomic mass is 16.5. The van der Waals surface area contributed by atoms with Gasteiger partial charge < -0.3 is 20.7 Å². The number of esters is 1. The lowest BCUT2D eigenvalue weighted by Gasteiger charge is -2.23. The fraction of sp³-hybridized carbons (Fsp3) is 0.160. The van der Waals surface area contributed by atoms with Crippen LogP contribution in [0, 0.1) is 0 Å². The van der Waals surface area contributed by atoms with Crippen molar-refractivity contribution in [3.63, 3.8) is 0 Å². The highest BCUT2D eigenvalue weighted by Crippen LogP contribution is 2.12. The van der Waals surface area contributed by atoms with E-state index in [9.17, 15) is 14.4 Å². The largest absolute Gasteiger partial charge is 0.452 e. The molecule has 3 aromatic rings. The van der Waals surface area contributed by atoms with Crippen molar-refractivity contribution in [2.45, 2.75) is 13.0 Å². The minimum Gasteiger partial charge on any atom is -0.452 e. The van der Waals surface area contributed by atoms with Crippen molar-refractivity contribution in [1.29, 1.82) is 0 Å². The summed E-state index contributed by atoms with van der Waals surface area (Å²) in [5.74, 6) is -0.892. The van der Waals surface area contributed by atoms with Gasteiger partial charge in [-0.3, -0.25) is 4.79 Å². The average Bonchev–Trinajstić information content (AvgIpc) is 2.81. The van der Waals surface area contributed by atoms with E-state index < -0.39 is 12.0 Å². The van der Waals surface area contributed by atoms with Gasteiger partial charge in [0.15, 0.2) is 6.61 Å². The molecule has 0 heterocycles. The third kappa shape index (κ3) is 6.98. The van der Waals surface area contributed by atoms with Gasteiger partial charge in [0.25, 0.3) is 5.91 Å². The Labute approximate surface area is 186 Å². The molecule has 0 saturated heterocycles. The first-order chi connectivity index (χ1) is 15.5. The van der Waals surface area contributed by atoms with Crippen molar-refractivity contribution >= 4 is 23.6 Å². The molecule has 164 valence electrons. The average molecular weight is 431 g/mol. The summed E-state index contributed by atoms with van der Waals surface area (Å²) < 4.78 is 5.24. The van der Waals surface area contributed by atoms with Crippen LogP contribution in [0.25, 0.3) is 0 Å². The zero-order valence-corrected chi connectivity index (χ0v) is 17.6. The van der Waals surface area contributed by atoms with Gasteiger partial charge in [-0.1, -0.05) is 60.7 Å². The molecule has 0 aromatic heterocycles. The van der Waals surface area contributed by atoms with E-state index >= 15 is 0 Å². The van der Waals surface area contributed by atoms with Gasteiger partial charge in [0.05, 0.1) is 5.56 Å². The van der Waals surface area contributed by atoms with Crippen LogP contribution in [-0.2, 0) is 22.5 Å². The van der Waals surface area contributed by atoms with Gasteiger partial charge in [0.1, 0.15) is 0 Å². The SMILES string of the molecule is NC(=O)Nc1ccc(C(=O)OCC(=O)N(CCc2ccccc2)Cc2ccccc2)cc1. The van der Waals surface area contributed by atoms with Gasteiger partial charge in [-0.15, -0.1) is 0 Å². The number of rotatable bonds is 9. The van der Waals surface area contributed by atoms with Gasteiger partial charge in [-0.25, -0.2) is 9.59 Å². The van der Waals surface area contributed by atoms with E-state index in [0.717, 1.165) is 11.1 Å². The minimum atomic E-state index is -0.695. The summed E-state index contributed by atoms with van der Waals surface area (Å²) in [4.78, 5) is 37.8. The van der Waals surface area contributed by atoms with Gasteiger partial charge in [0.2, 0.25) is 0 Å². The summed E-state index contributed by atoms with van der Waals surface area (Å²) in [6.07, 6.45) is 0.696. The highest BCUT2D eigenvalue weighted by Gasteiger charge is 2.17. The first-order valence-electron chi connectivity index (χ1n) is 10.2. The number of anilines is 1. The van der Waals surface area contributed by atoms with E-state index in [4.69, 9.17) is 10.5 Å². The topological polar surface area (TPSA) is 102 Å². The maximum Gasteiger partial charge on any atom is 0.338 e. The number of nitrogens with zero attached hydrogens (tertiary/aromatic N) is 1. The van der Waals surface area contributed by atoms with E-state index in [1.165, 1.54) is 24.3 Å². The Hall–Kier alpha value is -4.13. The van der Waals surface area contributed by atoms with Gasteiger partial charge in [-0.2, -0.15) is 0 Å². The van der Waals surface area contributed by atoms with Crippen LogP contribution in [0.3, 0.4) is 0 Å². The van der Waals surface area contributed by atoms with Crippen LogP contribution in [0.15, 0.2) is 84.9 Å². The predicted molar refractivity (Wildman–Crippen MR) is 122 cm³/mol. The molecule has 3 rings (SSSR count). The van der Waals surface area contributed by atoms with Crippen molar-refractivity contribution in [3.8, 4) is 0 Å². The molecule has 0 atom stereocenters.